The number of esters is 2. The van der Waals surface area contributed by atoms with Gasteiger partial charge in [-0.05, 0) is 57.5 Å². The number of aliphatic hydroxyl groups excluding tert-OH is 1. The van der Waals surface area contributed by atoms with Crippen LogP contribution in [0.5, 0.6) is 11.5 Å². The zero-order valence-electron chi connectivity index (χ0n) is 16.9. The number of carbonyl (C=O) groups is 2. The fourth-order valence-electron chi connectivity index (χ4n) is 2.42. The van der Waals surface area contributed by atoms with Crippen LogP contribution < -0.4 is 14.8 Å². The van der Waals surface area contributed by atoms with Crippen molar-refractivity contribution in [3.63, 3.8) is 0 Å². The summed E-state index contributed by atoms with van der Waals surface area (Å²) in [6, 6.07) is 11.6. The highest BCUT2D eigenvalue weighted by molar-refractivity contribution is 5.91. The molecule has 2 aromatic rings. The van der Waals surface area contributed by atoms with Gasteiger partial charge < -0.3 is 19.9 Å². The molecule has 0 saturated heterocycles. The van der Waals surface area contributed by atoms with Crippen molar-refractivity contribution >= 4 is 11.9 Å². The lowest BCUT2D eigenvalue weighted by Crippen LogP contribution is -2.38. The Morgan fingerprint density at radius 2 is 1.68 bits per heavy atom. The standard InChI is InChI=1S/C22H27NO5/c1-14-6-8-16(9-7-14)21(26)28-20-12-17(10-11-19(20)27-15(2)24)18(25)13-23-22(3,4)5/h6-12,18,23,25H,13H2,1-5H3. The van der Waals surface area contributed by atoms with Gasteiger partial charge in [-0.2, -0.15) is 0 Å². The largest absolute Gasteiger partial charge is 0.423 e. The minimum absolute atomic E-state index is 0.0769. The molecule has 28 heavy (non-hydrogen) atoms. The topological polar surface area (TPSA) is 84.9 Å². The maximum absolute atomic E-state index is 12.5. The first-order valence-electron chi connectivity index (χ1n) is 9.09. The summed E-state index contributed by atoms with van der Waals surface area (Å²) < 4.78 is 10.6. The molecule has 0 aliphatic heterocycles. The van der Waals surface area contributed by atoms with E-state index in [-0.39, 0.29) is 17.0 Å². The number of ether oxygens (including phenoxy) is 2. The highest BCUT2D eigenvalue weighted by Gasteiger charge is 2.19. The molecule has 6 nitrogen and oxygen atoms in total. The third-order valence-electron chi connectivity index (χ3n) is 3.92. The van der Waals surface area contributed by atoms with Crippen molar-refractivity contribution in [2.75, 3.05) is 6.54 Å². The van der Waals surface area contributed by atoms with E-state index in [2.05, 4.69) is 5.32 Å². The molecule has 0 spiro atoms. The van der Waals surface area contributed by atoms with Crippen LogP contribution in [0.3, 0.4) is 0 Å². The summed E-state index contributed by atoms with van der Waals surface area (Å²) in [5.74, 6) is -0.913. The fourth-order valence-corrected chi connectivity index (χ4v) is 2.42. The van der Waals surface area contributed by atoms with Gasteiger partial charge in [0.15, 0.2) is 11.5 Å². The summed E-state index contributed by atoms with van der Waals surface area (Å²) in [4.78, 5) is 23.8. The van der Waals surface area contributed by atoms with Crippen LogP contribution in [0.15, 0.2) is 42.5 Å². The minimum Gasteiger partial charge on any atom is -0.423 e. The van der Waals surface area contributed by atoms with Gasteiger partial charge in [-0.15, -0.1) is 0 Å². The van der Waals surface area contributed by atoms with Gasteiger partial charge in [-0.3, -0.25) is 4.79 Å². The third kappa shape index (κ3) is 6.48. The molecule has 1 atom stereocenters. The lowest BCUT2D eigenvalue weighted by Gasteiger charge is -2.23. The zero-order chi connectivity index (χ0) is 20.9. The molecule has 0 saturated carbocycles. The monoisotopic (exact) mass is 385 g/mol. The normalized spacial score (nSPS) is 12.4. The first-order chi connectivity index (χ1) is 13.0. The Morgan fingerprint density at radius 3 is 2.25 bits per heavy atom. The highest BCUT2D eigenvalue weighted by atomic mass is 16.6. The average molecular weight is 385 g/mol. The number of aliphatic hydroxyl groups is 1. The van der Waals surface area contributed by atoms with Gasteiger partial charge in [0, 0.05) is 19.0 Å². The van der Waals surface area contributed by atoms with Gasteiger partial charge in [0.05, 0.1) is 11.7 Å². The second-order valence-electron chi connectivity index (χ2n) is 7.70. The highest BCUT2D eigenvalue weighted by Crippen LogP contribution is 2.31. The number of benzene rings is 2. The number of hydrogen-bond donors (Lipinski definition) is 2. The van der Waals surface area contributed by atoms with E-state index in [0.29, 0.717) is 17.7 Å². The quantitative estimate of drug-likeness (QED) is 0.584. The predicted octanol–water partition coefficient (Wildman–Crippen LogP) is 3.56. The van der Waals surface area contributed by atoms with Crippen molar-refractivity contribution in [3.8, 4) is 11.5 Å². The van der Waals surface area contributed by atoms with E-state index >= 15 is 0 Å². The Hall–Kier alpha value is -2.70. The molecule has 6 heteroatoms. The van der Waals surface area contributed by atoms with Crippen LogP contribution in [0.25, 0.3) is 0 Å². The minimum atomic E-state index is -0.817. The number of hydrogen-bond acceptors (Lipinski definition) is 6. The van der Waals surface area contributed by atoms with Gasteiger partial charge in [0.1, 0.15) is 0 Å². The Kier molecular flexibility index (Phi) is 6.94. The van der Waals surface area contributed by atoms with Crippen LogP contribution in [0.4, 0.5) is 0 Å². The molecule has 0 amide bonds. The first-order valence-corrected chi connectivity index (χ1v) is 9.09. The maximum Gasteiger partial charge on any atom is 0.343 e. The van der Waals surface area contributed by atoms with Crippen molar-refractivity contribution in [3.05, 3.63) is 59.2 Å². The zero-order valence-corrected chi connectivity index (χ0v) is 16.9. The van der Waals surface area contributed by atoms with E-state index in [1.807, 2.05) is 39.8 Å². The SMILES string of the molecule is CC(=O)Oc1ccc(C(O)CNC(C)(C)C)cc1OC(=O)c1ccc(C)cc1. The van der Waals surface area contributed by atoms with Crippen molar-refractivity contribution < 1.29 is 24.2 Å². The number of nitrogens with one attached hydrogen (secondary N) is 1. The van der Waals surface area contributed by atoms with Crippen molar-refractivity contribution in [1.82, 2.24) is 5.32 Å². The molecule has 0 aliphatic rings. The van der Waals surface area contributed by atoms with Crippen molar-refractivity contribution in [1.29, 1.82) is 0 Å². The summed E-state index contributed by atoms with van der Waals surface area (Å²) in [5, 5.41) is 13.7. The smallest absolute Gasteiger partial charge is 0.343 e. The van der Waals surface area contributed by atoms with Crippen LogP contribution in [0, 0.1) is 6.92 Å². The van der Waals surface area contributed by atoms with Gasteiger partial charge in [-0.1, -0.05) is 23.8 Å². The molecule has 0 bridgehead atoms. The van der Waals surface area contributed by atoms with Crippen LogP contribution in [0.2, 0.25) is 0 Å². The Morgan fingerprint density at radius 1 is 1.04 bits per heavy atom. The van der Waals surface area contributed by atoms with E-state index in [9.17, 15) is 14.7 Å². The molecule has 0 aliphatic carbocycles. The first kappa shape index (κ1) is 21.6. The predicted molar refractivity (Wildman–Crippen MR) is 107 cm³/mol. The molecule has 150 valence electrons. The number of carbonyl (C=O) groups excluding carboxylic acids is 2. The van der Waals surface area contributed by atoms with Crippen molar-refractivity contribution in [2.24, 2.45) is 0 Å². The van der Waals surface area contributed by atoms with E-state index in [1.54, 1.807) is 18.2 Å². The van der Waals surface area contributed by atoms with Crippen LogP contribution in [-0.4, -0.2) is 29.1 Å². The molecule has 0 aromatic heterocycles. The summed E-state index contributed by atoms with van der Waals surface area (Å²) in [5.41, 5.74) is 1.78. The summed E-state index contributed by atoms with van der Waals surface area (Å²) in [6.07, 6.45) is -0.817. The van der Waals surface area contributed by atoms with Gasteiger partial charge in [0.2, 0.25) is 0 Å². The van der Waals surface area contributed by atoms with E-state index in [1.165, 1.54) is 19.1 Å². The molecule has 2 rings (SSSR count). The lowest BCUT2D eigenvalue weighted by atomic mass is 10.1. The Labute approximate surface area is 165 Å². The molecule has 0 radical (unpaired) electrons. The van der Waals surface area contributed by atoms with Crippen LogP contribution in [0.1, 0.15) is 55.3 Å². The molecule has 2 aromatic carbocycles. The maximum atomic E-state index is 12.5. The molecule has 2 N–H and O–H groups in total. The van der Waals surface area contributed by atoms with Gasteiger partial charge >= 0.3 is 11.9 Å². The second kappa shape index (κ2) is 8.99. The van der Waals surface area contributed by atoms with Gasteiger partial charge in [0.25, 0.3) is 0 Å². The fraction of sp³-hybridized carbons (Fsp3) is 0.364. The molecular weight excluding hydrogens is 358 g/mol. The Balaban J connectivity index is 2.26. The summed E-state index contributed by atoms with van der Waals surface area (Å²) >= 11 is 0. The molecule has 1 unspecified atom stereocenters. The Bertz CT molecular complexity index is 837. The lowest BCUT2D eigenvalue weighted by molar-refractivity contribution is -0.132. The van der Waals surface area contributed by atoms with E-state index in [0.717, 1.165) is 5.56 Å². The molecule has 0 heterocycles. The number of rotatable bonds is 6. The number of β-amino-alcohol motifs (C(OH)–C–C–N with tert-alkyl or cyclic N) is 1. The van der Waals surface area contributed by atoms with Gasteiger partial charge in [-0.25, -0.2) is 4.79 Å². The van der Waals surface area contributed by atoms with Crippen LogP contribution >= 0.6 is 0 Å². The van der Waals surface area contributed by atoms with E-state index < -0.39 is 18.0 Å². The van der Waals surface area contributed by atoms with Crippen molar-refractivity contribution in [2.45, 2.75) is 46.3 Å². The second-order valence-corrected chi connectivity index (χ2v) is 7.70. The molecular formula is C22H27NO5. The average Bonchev–Trinajstić information content (AvgIpc) is 2.60. The summed E-state index contributed by atoms with van der Waals surface area (Å²) in [6.45, 7) is 9.50. The van der Waals surface area contributed by atoms with Crippen LogP contribution in [-0.2, 0) is 4.79 Å². The molecule has 0 fully saturated rings. The summed E-state index contributed by atoms with van der Waals surface area (Å²) in [7, 11) is 0. The third-order valence-corrected chi connectivity index (χ3v) is 3.92. The number of aryl methyl sites for hydroxylation is 1. The van der Waals surface area contributed by atoms with E-state index in [4.69, 9.17) is 9.47 Å².